The second kappa shape index (κ2) is 7.46. The van der Waals surface area contributed by atoms with Gasteiger partial charge in [-0.15, -0.1) is 0 Å². The van der Waals surface area contributed by atoms with Gasteiger partial charge in [0.05, 0.1) is 0 Å². The molecule has 0 bridgehead atoms. The second-order valence-corrected chi connectivity index (χ2v) is 7.06. The molecular formula is C19H25N3O5. The van der Waals surface area contributed by atoms with Crippen molar-refractivity contribution in [2.45, 2.75) is 45.2 Å². The maximum atomic E-state index is 12.9. The van der Waals surface area contributed by atoms with Crippen molar-refractivity contribution in [3.63, 3.8) is 0 Å². The monoisotopic (exact) mass is 375 g/mol. The van der Waals surface area contributed by atoms with Gasteiger partial charge in [-0.1, -0.05) is 19.4 Å². The summed E-state index contributed by atoms with van der Waals surface area (Å²) in [6, 6.07) is 4.54. The third kappa shape index (κ3) is 3.70. The van der Waals surface area contributed by atoms with Crippen LogP contribution in [0.15, 0.2) is 18.2 Å². The lowest BCUT2D eigenvalue weighted by molar-refractivity contribution is -0.135. The highest BCUT2D eigenvalue weighted by Crippen LogP contribution is 2.36. The van der Waals surface area contributed by atoms with Crippen molar-refractivity contribution in [3.05, 3.63) is 23.8 Å². The van der Waals surface area contributed by atoms with E-state index in [0.717, 1.165) is 17.7 Å². The summed E-state index contributed by atoms with van der Waals surface area (Å²) in [6.45, 7) is 6.13. The van der Waals surface area contributed by atoms with E-state index >= 15 is 0 Å². The summed E-state index contributed by atoms with van der Waals surface area (Å²) < 4.78 is 11.1. The number of hydrogen-bond donors (Lipinski definition) is 2. The Kier molecular flexibility index (Phi) is 5.25. The Labute approximate surface area is 158 Å². The SMILES string of the molecule is CCC[C@@H](C)NC(=O)CN1C(=O)N[C@](C)(c2ccc3c(c2)OCCO3)C1=O. The number of benzene rings is 1. The second-order valence-electron chi connectivity index (χ2n) is 7.06. The first-order valence-electron chi connectivity index (χ1n) is 9.18. The molecule has 0 spiro atoms. The van der Waals surface area contributed by atoms with Crippen LogP contribution in [0.2, 0.25) is 0 Å². The summed E-state index contributed by atoms with van der Waals surface area (Å²) >= 11 is 0. The number of fused-ring (bicyclic) bond motifs is 1. The van der Waals surface area contributed by atoms with Gasteiger partial charge in [0.2, 0.25) is 5.91 Å². The highest BCUT2D eigenvalue weighted by molar-refractivity contribution is 6.09. The highest BCUT2D eigenvalue weighted by Gasteiger charge is 2.49. The van der Waals surface area contributed by atoms with Gasteiger partial charge >= 0.3 is 6.03 Å². The Balaban J connectivity index is 1.75. The zero-order valence-electron chi connectivity index (χ0n) is 15.8. The van der Waals surface area contributed by atoms with Crippen LogP contribution in [0.25, 0.3) is 0 Å². The molecule has 27 heavy (non-hydrogen) atoms. The molecule has 8 heteroatoms. The zero-order valence-corrected chi connectivity index (χ0v) is 15.8. The van der Waals surface area contributed by atoms with Crippen LogP contribution in [0.4, 0.5) is 4.79 Å². The Bertz CT molecular complexity index is 766. The summed E-state index contributed by atoms with van der Waals surface area (Å²) in [5, 5.41) is 5.51. The van der Waals surface area contributed by atoms with Crippen molar-refractivity contribution in [3.8, 4) is 11.5 Å². The molecule has 146 valence electrons. The van der Waals surface area contributed by atoms with Crippen molar-refractivity contribution >= 4 is 17.8 Å². The molecule has 8 nitrogen and oxygen atoms in total. The third-order valence-electron chi connectivity index (χ3n) is 4.83. The van der Waals surface area contributed by atoms with E-state index in [1.54, 1.807) is 25.1 Å². The lowest BCUT2D eigenvalue weighted by atomic mass is 9.91. The van der Waals surface area contributed by atoms with Gasteiger partial charge in [-0.25, -0.2) is 4.79 Å². The van der Waals surface area contributed by atoms with E-state index in [0.29, 0.717) is 30.3 Å². The first kappa shape index (κ1) is 19.0. The fourth-order valence-corrected chi connectivity index (χ4v) is 3.36. The molecule has 0 radical (unpaired) electrons. The van der Waals surface area contributed by atoms with E-state index in [2.05, 4.69) is 10.6 Å². The molecule has 2 atom stereocenters. The minimum atomic E-state index is -1.26. The van der Waals surface area contributed by atoms with Gasteiger partial charge in [0.1, 0.15) is 25.3 Å². The number of amides is 4. The maximum absolute atomic E-state index is 12.9. The molecular weight excluding hydrogens is 350 g/mol. The van der Waals surface area contributed by atoms with Crippen LogP contribution < -0.4 is 20.1 Å². The van der Waals surface area contributed by atoms with Crippen LogP contribution >= 0.6 is 0 Å². The van der Waals surface area contributed by atoms with Gasteiger partial charge in [0, 0.05) is 6.04 Å². The van der Waals surface area contributed by atoms with Crippen molar-refractivity contribution in [2.75, 3.05) is 19.8 Å². The van der Waals surface area contributed by atoms with Crippen molar-refractivity contribution in [1.29, 1.82) is 0 Å². The molecule has 0 unspecified atom stereocenters. The quantitative estimate of drug-likeness (QED) is 0.735. The van der Waals surface area contributed by atoms with Crippen molar-refractivity contribution in [2.24, 2.45) is 0 Å². The van der Waals surface area contributed by atoms with Gasteiger partial charge in [-0.2, -0.15) is 0 Å². The summed E-state index contributed by atoms with van der Waals surface area (Å²) in [5.41, 5.74) is -0.685. The molecule has 3 rings (SSSR count). The fraction of sp³-hybridized carbons (Fsp3) is 0.526. The Hall–Kier alpha value is -2.77. The fourth-order valence-electron chi connectivity index (χ4n) is 3.36. The van der Waals surface area contributed by atoms with E-state index in [1.807, 2.05) is 13.8 Å². The topological polar surface area (TPSA) is 97.0 Å². The molecule has 0 aromatic heterocycles. The van der Waals surface area contributed by atoms with Crippen LogP contribution in [0.5, 0.6) is 11.5 Å². The molecule has 2 aliphatic rings. The lowest BCUT2D eigenvalue weighted by Gasteiger charge is -2.25. The number of carbonyl (C=O) groups excluding carboxylic acids is 3. The van der Waals surface area contributed by atoms with Crippen molar-refractivity contribution < 1.29 is 23.9 Å². The molecule has 4 amide bonds. The number of nitrogens with zero attached hydrogens (tertiary/aromatic N) is 1. The average Bonchev–Trinajstić information content (AvgIpc) is 2.85. The molecule has 1 fully saturated rings. The van der Waals surface area contributed by atoms with E-state index in [1.165, 1.54) is 0 Å². The number of carbonyl (C=O) groups is 3. The van der Waals surface area contributed by atoms with Crippen LogP contribution in [0.3, 0.4) is 0 Å². The molecule has 1 saturated heterocycles. The number of rotatable bonds is 6. The van der Waals surface area contributed by atoms with E-state index < -0.39 is 17.5 Å². The number of hydrogen-bond acceptors (Lipinski definition) is 5. The predicted octanol–water partition coefficient (Wildman–Crippen LogP) is 1.53. The molecule has 2 aliphatic heterocycles. The van der Waals surface area contributed by atoms with Crippen LogP contribution in [-0.4, -0.2) is 48.5 Å². The molecule has 1 aromatic carbocycles. The summed E-state index contributed by atoms with van der Waals surface area (Å²) in [5.74, 6) is 0.312. The standard InChI is InChI=1S/C19H25N3O5/c1-4-5-12(2)20-16(23)11-22-17(24)19(3,21-18(22)25)13-6-7-14-15(10-13)27-9-8-26-14/h6-7,10,12H,4-5,8-9,11H2,1-3H3,(H,20,23)(H,21,25)/t12-,19-/m1/s1. The van der Waals surface area contributed by atoms with Gasteiger partial charge in [0.15, 0.2) is 11.5 Å². The Morgan fingerprint density at radius 1 is 1.30 bits per heavy atom. The summed E-state index contributed by atoms with van der Waals surface area (Å²) in [7, 11) is 0. The van der Waals surface area contributed by atoms with Crippen LogP contribution in [0.1, 0.15) is 39.2 Å². The van der Waals surface area contributed by atoms with E-state index in [9.17, 15) is 14.4 Å². The molecule has 2 N–H and O–H groups in total. The largest absolute Gasteiger partial charge is 0.486 e. The normalized spacial score (nSPS) is 22.4. The van der Waals surface area contributed by atoms with Gasteiger partial charge in [-0.05, 0) is 38.0 Å². The minimum absolute atomic E-state index is 0.00700. The zero-order chi connectivity index (χ0) is 19.6. The third-order valence-corrected chi connectivity index (χ3v) is 4.83. The number of ether oxygens (including phenoxy) is 2. The van der Waals surface area contributed by atoms with Gasteiger partial charge < -0.3 is 20.1 Å². The number of urea groups is 1. The van der Waals surface area contributed by atoms with Crippen LogP contribution in [-0.2, 0) is 15.1 Å². The summed E-state index contributed by atoms with van der Waals surface area (Å²) in [4.78, 5) is 38.5. The summed E-state index contributed by atoms with van der Waals surface area (Å²) in [6.07, 6.45) is 1.77. The highest BCUT2D eigenvalue weighted by atomic mass is 16.6. The average molecular weight is 375 g/mol. The maximum Gasteiger partial charge on any atom is 0.325 e. The number of imide groups is 1. The molecule has 0 aliphatic carbocycles. The smallest absolute Gasteiger partial charge is 0.325 e. The molecule has 1 aromatic rings. The van der Waals surface area contributed by atoms with E-state index in [4.69, 9.17) is 9.47 Å². The van der Waals surface area contributed by atoms with E-state index in [-0.39, 0.29) is 18.5 Å². The molecule has 2 heterocycles. The van der Waals surface area contributed by atoms with Crippen LogP contribution in [0, 0.1) is 0 Å². The van der Waals surface area contributed by atoms with Gasteiger partial charge in [-0.3, -0.25) is 14.5 Å². The Morgan fingerprint density at radius 2 is 2.00 bits per heavy atom. The molecule has 0 saturated carbocycles. The lowest BCUT2D eigenvalue weighted by Crippen LogP contribution is -2.45. The minimum Gasteiger partial charge on any atom is -0.486 e. The van der Waals surface area contributed by atoms with Crippen molar-refractivity contribution in [1.82, 2.24) is 15.5 Å². The Morgan fingerprint density at radius 3 is 2.70 bits per heavy atom. The van der Waals surface area contributed by atoms with Gasteiger partial charge in [0.25, 0.3) is 5.91 Å². The predicted molar refractivity (Wildman–Crippen MR) is 97.5 cm³/mol. The first-order valence-corrected chi connectivity index (χ1v) is 9.18. The first-order chi connectivity index (χ1) is 12.8. The number of nitrogens with one attached hydrogen (secondary N) is 2.